The van der Waals surface area contributed by atoms with Crippen molar-refractivity contribution in [1.82, 2.24) is 4.90 Å². The minimum absolute atomic E-state index is 0.440. The second-order valence-corrected chi connectivity index (χ2v) is 4.11. The predicted molar refractivity (Wildman–Crippen MR) is 65.1 cm³/mol. The third-order valence-electron chi connectivity index (χ3n) is 2.85. The van der Waals surface area contributed by atoms with E-state index in [2.05, 4.69) is 23.0 Å². The van der Waals surface area contributed by atoms with Gasteiger partial charge in [0.25, 0.3) is 0 Å². The van der Waals surface area contributed by atoms with Crippen molar-refractivity contribution in [1.29, 1.82) is 0 Å². The Morgan fingerprint density at radius 3 is 2.62 bits per heavy atom. The lowest BCUT2D eigenvalue weighted by Crippen LogP contribution is -2.51. The SMILES string of the molecule is C#Cc1ccc(CN2CC(OCC)C2)cc1. The molecule has 1 aromatic rings. The summed E-state index contributed by atoms with van der Waals surface area (Å²) >= 11 is 0. The van der Waals surface area contributed by atoms with Gasteiger partial charge in [-0.05, 0) is 24.6 Å². The highest BCUT2D eigenvalue weighted by Gasteiger charge is 2.26. The number of ether oxygens (including phenoxy) is 1. The Morgan fingerprint density at radius 1 is 1.38 bits per heavy atom. The fraction of sp³-hybridized carbons (Fsp3) is 0.429. The van der Waals surface area contributed by atoms with Crippen LogP contribution in [0, 0.1) is 12.3 Å². The molecule has 1 saturated heterocycles. The largest absolute Gasteiger partial charge is 0.376 e. The first-order valence-electron chi connectivity index (χ1n) is 5.71. The van der Waals surface area contributed by atoms with Crippen LogP contribution in [0.3, 0.4) is 0 Å². The Kier molecular flexibility index (Phi) is 3.61. The van der Waals surface area contributed by atoms with Crippen molar-refractivity contribution >= 4 is 0 Å². The van der Waals surface area contributed by atoms with Gasteiger partial charge in [0.2, 0.25) is 0 Å². The number of likely N-dealkylation sites (tertiary alicyclic amines) is 1. The lowest BCUT2D eigenvalue weighted by Gasteiger charge is -2.38. The summed E-state index contributed by atoms with van der Waals surface area (Å²) in [6.45, 7) is 5.94. The van der Waals surface area contributed by atoms with Crippen molar-refractivity contribution in [3.63, 3.8) is 0 Å². The van der Waals surface area contributed by atoms with Crippen LogP contribution in [0.4, 0.5) is 0 Å². The molecule has 84 valence electrons. The monoisotopic (exact) mass is 215 g/mol. The topological polar surface area (TPSA) is 12.5 Å². The Hall–Kier alpha value is -1.30. The molecule has 1 aromatic carbocycles. The number of hydrogen-bond donors (Lipinski definition) is 0. The van der Waals surface area contributed by atoms with E-state index < -0.39 is 0 Å². The molecule has 1 heterocycles. The number of rotatable bonds is 4. The summed E-state index contributed by atoms with van der Waals surface area (Å²) in [6.07, 6.45) is 5.75. The summed E-state index contributed by atoms with van der Waals surface area (Å²) in [5.41, 5.74) is 2.26. The highest BCUT2D eigenvalue weighted by Crippen LogP contribution is 2.15. The normalized spacial score (nSPS) is 16.8. The van der Waals surface area contributed by atoms with E-state index >= 15 is 0 Å². The third-order valence-corrected chi connectivity index (χ3v) is 2.85. The van der Waals surface area contributed by atoms with E-state index in [0.29, 0.717) is 6.10 Å². The van der Waals surface area contributed by atoms with Gasteiger partial charge in [0.15, 0.2) is 0 Å². The molecule has 2 rings (SSSR count). The average Bonchev–Trinajstić information content (AvgIpc) is 2.27. The lowest BCUT2D eigenvalue weighted by atomic mass is 10.1. The fourth-order valence-electron chi connectivity index (χ4n) is 1.96. The Balaban J connectivity index is 1.80. The van der Waals surface area contributed by atoms with E-state index in [9.17, 15) is 0 Å². The van der Waals surface area contributed by atoms with Gasteiger partial charge in [-0.2, -0.15) is 0 Å². The number of terminal acetylenes is 1. The molecule has 16 heavy (non-hydrogen) atoms. The highest BCUT2D eigenvalue weighted by atomic mass is 16.5. The summed E-state index contributed by atoms with van der Waals surface area (Å²) in [6, 6.07) is 8.19. The molecule has 1 fully saturated rings. The molecule has 0 unspecified atom stereocenters. The smallest absolute Gasteiger partial charge is 0.0828 e. The summed E-state index contributed by atoms with van der Waals surface area (Å²) in [5.74, 6) is 2.63. The molecular weight excluding hydrogens is 198 g/mol. The van der Waals surface area contributed by atoms with E-state index in [0.717, 1.165) is 31.8 Å². The van der Waals surface area contributed by atoms with Crippen molar-refractivity contribution in [2.45, 2.75) is 19.6 Å². The minimum atomic E-state index is 0.440. The standard InChI is InChI=1S/C14H17NO/c1-3-12-5-7-13(8-6-12)9-15-10-14(11-15)16-4-2/h1,5-8,14H,4,9-11H2,2H3. The average molecular weight is 215 g/mol. The Bertz CT molecular complexity index is 371. The molecule has 0 saturated carbocycles. The maximum Gasteiger partial charge on any atom is 0.0828 e. The van der Waals surface area contributed by atoms with E-state index in [4.69, 9.17) is 11.2 Å². The molecule has 0 radical (unpaired) electrons. The molecule has 0 N–H and O–H groups in total. The van der Waals surface area contributed by atoms with E-state index in [1.54, 1.807) is 0 Å². The highest BCUT2D eigenvalue weighted by molar-refractivity contribution is 5.34. The molecule has 1 aliphatic heterocycles. The van der Waals surface area contributed by atoms with Gasteiger partial charge in [-0.3, -0.25) is 4.90 Å². The van der Waals surface area contributed by atoms with E-state index in [-0.39, 0.29) is 0 Å². The van der Waals surface area contributed by atoms with Crippen molar-refractivity contribution in [2.24, 2.45) is 0 Å². The molecule has 0 atom stereocenters. The van der Waals surface area contributed by atoms with Gasteiger partial charge in [-0.25, -0.2) is 0 Å². The van der Waals surface area contributed by atoms with Crippen LogP contribution in [-0.4, -0.2) is 30.7 Å². The first-order valence-corrected chi connectivity index (χ1v) is 5.71. The fourth-order valence-corrected chi connectivity index (χ4v) is 1.96. The van der Waals surface area contributed by atoms with Crippen LogP contribution in [-0.2, 0) is 11.3 Å². The van der Waals surface area contributed by atoms with Gasteiger partial charge in [0.1, 0.15) is 0 Å². The summed E-state index contributed by atoms with van der Waals surface area (Å²) in [7, 11) is 0. The molecule has 0 amide bonds. The molecule has 0 spiro atoms. The molecule has 0 bridgehead atoms. The first kappa shape index (κ1) is 11.2. The van der Waals surface area contributed by atoms with E-state index in [1.165, 1.54) is 5.56 Å². The predicted octanol–water partition coefficient (Wildman–Crippen LogP) is 1.89. The van der Waals surface area contributed by atoms with Gasteiger partial charge >= 0.3 is 0 Å². The van der Waals surface area contributed by atoms with Crippen LogP contribution < -0.4 is 0 Å². The van der Waals surface area contributed by atoms with Crippen molar-refractivity contribution in [3.8, 4) is 12.3 Å². The lowest BCUT2D eigenvalue weighted by molar-refractivity contribution is -0.0531. The molecule has 2 nitrogen and oxygen atoms in total. The quantitative estimate of drug-likeness (QED) is 0.711. The summed E-state index contributed by atoms with van der Waals surface area (Å²) in [5, 5.41) is 0. The molecular formula is C14H17NO. The number of nitrogens with zero attached hydrogens (tertiary/aromatic N) is 1. The molecule has 1 aliphatic rings. The van der Waals surface area contributed by atoms with Gasteiger partial charge < -0.3 is 4.74 Å². The van der Waals surface area contributed by atoms with Crippen LogP contribution >= 0.6 is 0 Å². The second-order valence-electron chi connectivity index (χ2n) is 4.11. The van der Waals surface area contributed by atoms with Crippen LogP contribution in [0.5, 0.6) is 0 Å². The maximum atomic E-state index is 5.51. The van der Waals surface area contributed by atoms with Gasteiger partial charge in [-0.1, -0.05) is 18.1 Å². The maximum absolute atomic E-state index is 5.51. The van der Waals surface area contributed by atoms with Crippen molar-refractivity contribution < 1.29 is 4.74 Å². The van der Waals surface area contributed by atoms with Crippen molar-refractivity contribution in [2.75, 3.05) is 19.7 Å². The summed E-state index contributed by atoms with van der Waals surface area (Å²) < 4.78 is 5.51. The Labute approximate surface area is 97.2 Å². The molecule has 0 aromatic heterocycles. The van der Waals surface area contributed by atoms with Crippen LogP contribution in [0.25, 0.3) is 0 Å². The van der Waals surface area contributed by atoms with Crippen LogP contribution in [0.1, 0.15) is 18.1 Å². The minimum Gasteiger partial charge on any atom is -0.376 e. The van der Waals surface area contributed by atoms with Gasteiger partial charge in [-0.15, -0.1) is 6.42 Å². The van der Waals surface area contributed by atoms with Crippen molar-refractivity contribution in [3.05, 3.63) is 35.4 Å². The number of hydrogen-bond acceptors (Lipinski definition) is 2. The van der Waals surface area contributed by atoms with Gasteiger partial charge in [0.05, 0.1) is 6.10 Å². The Morgan fingerprint density at radius 2 is 2.06 bits per heavy atom. The first-order chi connectivity index (χ1) is 7.81. The molecule has 2 heteroatoms. The third kappa shape index (κ3) is 2.63. The zero-order valence-corrected chi connectivity index (χ0v) is 9.65. The van der Waals surface area contributed by atoms with E-state index in [1.807, 2.05) is 19.1 Å². The van der Waals surface area contributed by atoms with Gasteiger partial charge in [0, 0.05) is 31.8 Å². The number of benzene rings is 1. The zero-order chi connectivity index (χ0) is 11.4. The second kappa shape index (κ2) is 5.16. The van der Waals surface area contributed by atoms with Crippen LogP contribution in [0.15, 0.2) is 24.3 Å². The molecule has 0 aliphatic carbocycles. The van der Waals surface area contributed by atoms with Crippen LogP contribution in [0.2, 0.25) is 0 Å². The zero-order valence-electron chi connectivity index (χ0n) is 9.65. The summed E-state index contributed by atoms with van der Waals surface area (Å²) in [4.78, 5) is 2.38.